The molecule has 2 aliphatic rings. The Hall–Kier alpha value is -7.25. The number of rotatable bonds is 17. The van der Waals surface area contributed by atoms with Gasteiger partial charge in [0.25, 0.3) is 11.8 Å². The Morgan fingerprint density at radius 2 is 1.31 bits per heavy atom. The fourth-order valence-corrected chi connectivity index (χ4v) is 13.7. The molecule has 1 saturated heterocycles. The number of fused-ring (bicyclic) bond motifs is 2. The number of aromatic nitrogens is 1. The molecule has 2 atom stereocenters. The Labute approximate surface area is 490 Å². The van der Waals surface area contributed by atoms with Crippen molar-refractivity contribution in [1.29, 1.82) is 0 Å². The molecule has 6 aromatic rings. The summed E-state index contributed by atoms with van der Waals surface area (Å²) in [6.45, 7) is 14.2. The van der Waals surface area contributed by atoms with Gasteiger partial charge < -0.3 is 44.3 Å². The summed E-state index contributed by atoms with van der Waals surface area (Å²) >= 11 is 8.03. The molecule has 0 bridgehead atoms. The van der Waals surface area contributed by atoms with E-state index in [1.807, 2.05) is 91.0 Å². The van der Waals surface area contributed by atoms with Crippen LogP contribution >= 0.6 is 62.1 Å². The molecule has 0 aliphatic carbocycles. The summed E-state index contributed by atoms with van der Waals surface area (Å²) in [4.78, 5) is 105. The predicted octanol–water partition coefficient (Wildman–Crippen LogP) is 11.1. The number of esters is 1. The van der Waals surface area contributed by atoms with Gasteiger partial charge in [0.2, 0.25) is 12.0 Å². The zero-order valence-corrected chi connectivity index (χ0v) is 50.1. The van der Waals surface area contributed by atoms with Crippen LogP contribution in [0.1, 0.15) is 84.7 Å². The second kappa shape index (κ2) is 24.5. The molecular weight excluding hydrogens is 1190 g/mol. The molecule has 1 unspecified atom stereocenters. The fourth-order valence-electron chi connectivity index (χ4n) is 8.40. The number of nitrogens with zero attached hydrogens (tertiary/aromatic N) is 3. The molecule has 0 saturated carbocycles. The quantitative estimate of drug-likeness (QED) is 0.0112. The first-order valence-corrected chi connectivity index (χ1v) is 29.5. The molecule has 0 radical (unpaired) electrons. The van der Waals surface area contributed by atoms with E-state index >= 15 is 0 Å². The number of oxime groups is 1. The molecule has 3 N–H and O–H groups in total. The number of aliphatic carboxylic acids is 1. The summed E-state index contributed by atoms with van der Waals surface area (Å²) in [6.07, 6.45) is -2.22. The van der Waals surface area contributed by atoms with E-state index in [9.17, 15) is 38.7 Å². The number of β-lactam (4-membered cyclic amide) rings is 1. The van der Waals surface area contributed by atoms with Gasteiger partial charge in [0.15, 0.2) is 22.3 Å². The summed E-state index contributed by atoms with van der Waals surface area (Å²) < 4.78 is 27.8. The van der Waals surface area contributed by atoms with Gasteiger partial charge in [-0.05, 0) is 107 Å². The van der Waals surface area contributed by atoms with Crippen molar-refractivity contribution < 1.29 is 62.4 Å². The molecule has 2 aliphatic heterocycles. The number of thiazole rings is 1. The molecule has 2 aromatic heterocycles. The number of hydrogen-bond acceptors (Lipinski definition) is 20. The van der Waals surface area contributed by atoms with Crippen molar-refractivity contribution in [2.75, 3.05) is 23.4 Å². The van der Waals surface area contributed by atoms with Crippen molar-refractivity contribution in [3.63, 3.8) is 0 Å². The van der Waals surface area contributed by atoms with E-state index < -0.39 is 81.9 Å². The zero-order valence-electron chi connectivity index (χ0n) is 45.3. The predicted molar refractivity (Wildman–Crippen MR) is 313 cm³/mol. The number of carboxylic acid groups (broad SMARTS) is 1. The lowest BCUT2D eigenvalue weighted by Gasteiger charge is -2.49. The number of nitrogens with one attached hydrogen (secondary N) is 2. The number of halogens is 1. The van der Waals surface area contributed by atoms with E-state index in [1.165, 1.54) is 35.2 Å². The Kier molecular flexibility index (Phi) is 18.1. The topological polar surface area (TPSA) is 248 Å². The van der Waals surface area contributed by atoms with Crippen molar-refractivity contribution in [3.8, 4) is 11.5 Å². The highest BCUT2D eigenvalue weighted by molar-refractivity contribution is 9.10. The lowest BCUT2D eigenvalue weighted by Crippen LogP contribution is -2.71. The maximum Gasteiger partial charge on any atom is 0.514 e. The Bertz CT molecular complexity index is 3420. The zero-order chi connectivity index (χ0) is 58.6. The molecule has 2 amide bonds. The third-order valence-electron chi connectivity index (χ3n) is 11.6. The molecule has 19 nitrogen and oxygen atoms in total. The number of carbonyl (C=O) groups excluding carboxylic acids is 5. The van der Waals surface area contributed by atoms with Gasteiger partial charge in [-0.1, -0.05) is 96.2 Å². The Morgan fingerprint density at radius 1 is 0.778 bits per heavy atom. The number of anilines is 1. The smallest absolute Gasteiger partial charge is 0.477 e. The molecule has 1 fully saturated rings. The second-order valence-corrected chi connectivity index (χ2v) is 26.2. The molecular formula is C57H56BrN5O14S4. The lowest BCUT2D eigenvalue weighted by molar-refractivity contribution is -0.160. The number of hydrogen-bond donors (Lipinski definition) is 3. The van der Waals surface area contributed by atoms with E-state index in [4.69, 9.17) is 33.5 Å². The van der Waals surface area contributed by atoms with Crippen molar-refractivity contribution in [2.45, 2.75) is 100 Å². The number of thioether (sulfide) groups is 2. The van der Waals surface area contributed by atoms with Gasteiger partial charge >= 0.3 is 24.2 Å². The lowest BCUT2D eigenvalue weighted by atomic mass is 9.77. The highest BCUT2D eigenvalue weighted by Gasteiger charge is 2.54. The van der Waals surface area contributed by atoms with Crippen molar-refractivity contribution in [3.05, 3.63) is 157 Å². The van der Waals surface area contributed by atoms with Crippen LogP contribution in [0.5, 0.6) is 11.5 Å². The Balaban J connectivity index is 1.05. The van der Waals surface area contributed by atoms with Crippen LogP contribution in [0, 0.1) is 0 Å². The third-order valence-corrected chi connectivity index (χ3v) is 17.5. The highest BCUT2D eigenvalue weighted by atomic mass is 79.9. The van der Waals surface area contributed by atoms with Crippen LogP contribution < -0.4 is 25.5 Å². The van der Waals surface area contributed by atoms with E-state index in [0.29, 0.717) is 19.6 Å². The van der Waals surface area contributed by atoms with Crippen LogP contribution in [0.3, 0.4) is 0 Å². The SMILES string of the molecule is CC(C)(C)OC(=O)CON=C(C(=O)NC1C(=O)N2C(C(=O)O)=C(CSc3sc4cc(OC(=O)OC(C)(C)C)c(OC(=O)OC(C)(C)C)cc4c(=O)c3Br)CS[C@@H]12)c1csc(NC(c2ccccc2)(c2ccccc2)c2ccccc2)n1. The third kappa shape index (κ3) is 14.3. The Morgan fingerprint density at radius 3 is 1.83 bits per heavy atom. The summed E-state index contributed by atoms with van der Waals surface area (Å²) in [6, 6.07) is 30.8. The van der Waals surface area contributed by atoms with Gasteiger partial charge in [-0.15, -0.1) is 46.2 Å². The summed E-state index contributed by atoms with van der Waals surface area (Å²) in [5, 5.41) is 22.3. The van der Waals surface area contributed by atoms with Crippen molar-refractivity contribution in [2.24, 2.45) is 5.16 Å². The van der Waals surface area contributed by atoms with Crippen LogP contribution in [0.25, 0.3) is 10.1 Å². The van der Waals surface area contributed by atoms with Crippen LogP contribution in [-0.2, 0) is 43.8 Å². The average molecular weight is 1240 g/mol. The van der Waals surface area contributed by atoms with Crippen LogP contribution in [0.15, 0.2) is 138 Å². The van der Waals surface area contributed by atoms with Gasteiger partial charge in [0, 0.05) is 33.0 Å². The molecule has 24 heteroatoms. The molecule has 0 spiro atoms. The number of carbonyl (C=O) groups is 6. The monoisotopic (exact) mass is 1240 g/mol. The fraction of sp³-hybridized carbons (Fsp3) is 0.316. The minimum atomic E-state index is -1.39. The molecule has 4 aromatic carbocycles. The first-order valence-electron chi connectivity index (χ1n) is 25.0. The van der Waals surface area contributed by atoms with Gasteiger partial charge in [-0.2, -0.15) is 0 Å². The maximum absolute atomic E-state index is 14.5. The number of benzene rings is 4. The van der Waals surface area contributed by atoms with Crippen LogP contribution in [-0.4, -0.2) is 103 Å². The highest BCUT2D eigenvalue weighted by Crippen LogP contribution is 2.45. The number of carboxylic acids is 1. The van der Waals surface area contributed by atoms with Gasteiger partial charge in [0.05, 0.1) is 8.68 Å². The van der Waals surface area contributed by atoms with Crippen molar-refractivity contribution in [1.82, 2.24) is 15.2 Å². The summed E-state index contributed by atoms with van der Waals surface area (Å²) in [5.41, 5.74) is -1.80. The minimum Gasteiger partial charge on any atom is -0.477 e. The van der Waals surface area contributed by atoms with E-state index in [0.717, 1.165) is 44.7 Å². The standard InChI is InChI=1S/C57H56BrN5O14S4/c1-54(2,3)75-40(64)27-72-62-42(36-30-80-51(59-36)61-57(32-19-13-10-14-20-32,33-21-15-11-16-22-33)34-23-17-12-18-24-34)46(66)60-43-47(67)63-44(49(68)69)31(28-78-48(43)63)29-79-50-41(58)45(65)35-25-37(73-52(70)76-55(4,5)6)38(26-39(35)81-50)74-53(71)77-56(7,8)9/h10-26,30,43,48H,27-29H2,1-9H3,(H,59,61)(H,60,66)(H,68,69)/t43?,48-/m0/s1. The molecule has 4 heterocycles. The first-order chi connectivity index (χ1) is 38.2. The van der Waals surface area contributed by atoms with Crippen molar-refractivity contribution >= 4 is 119 Å². The first kappa shape index (κ1) is 59.9. The van der Waals surface area contributed by atoms with Gasteiger partial charge in [-0.3, -0.25) is 19.3 Å². The number of amides is 2. The van der Waals surface area contributed by atoms with E-state index in [1.54, 1.807) is 67.7 Å². The largest absolute Gasteiger partial charge is 0.514 e. The normalized spacial score (nSPS) is 15.7. The molecule has 8 rings (SSSR count). The minimum absolute atomic E-state index is 0.00933. The molecule has 424 valence electrons. The summed E-state index contributed by atoms with van der Waals surface area (Å²) in [5.74, 6) is -4.16. The average Bonchev–Trinajstić information content (AvgIpc) is 2.84. The van der Waals surface area contributed by atoms with Gasteiger partial charge in [0.1, 0.15) is 45.1 Å². The van der Waals surface area contributed by atoms with Crippen LogP contribution in [0.4, 0.5) is 14.7 Å². The van der Waals surface area contributed by atoms with E-state index in [-0.39, 0.29) is 50.0 Å². The second-order valence-electron chi connectivity index (χ2n) is 21.2. The summed E-state index contributed by atoms with van der Waals surface area (Å²) in [7, 11) is 0. The molecule has 81 heavy (non-hydrogen) atoms. The van der Waals surface area contributed by atoms with Crippen LogP contribution in [0.2, 0.25) is 0 Å². The maximum atomic E-state index is 14.5. The van der Waals surface area contributed by atoms with E-state index in [2.05, 4.69) is 31.7 Å². The van der Waals surface area contributed by atoms with Gasteiger partial charge in [-0.25, -0.2) is 24.2 Å². The number of ether oxygens (including phenoxy) is 5.